The van der Waals surface area contributed by atoms with Crippen molar-refractivity contribution in [2.45, 2.75) is 6.92 Å². The summed E-state index contributed by atoms with van der Waals surface area (Å²) in [6.45, 7) is 1.73. The summed E-state index contributed by atoms with van der Waals surface area (Å²) in [6, 6.07) is 22.0. The Morgan fingerprint density at radius 2 is 1.48 bits per heavy atom. The lowest BCUT2D eigenvalue weighted by atomic mass is 10.1. The van der Waals surface area contributed by atoms with Gasteiger partial charge in [0, 0.05) is 22.2 Å². The van der Waals surface area contributed by atoms with Crippen LogP contribution in [0.15, 0.2) is 78.2 Å². The number of anilines is 1. The van der Waals surface area contributed by atoms with Crippen molar-refractivity contribution in [3.8, 4) is 21.8 Å². The van der Waals surface area contributed by atoms with Gasteiger partial charge in [-0.05, 0) is 36.8 Å². The van der Waals surface area contributed by atoms with E-state index in [1.54, 1.807) is 47.7 Å². The zero-order valence-electron chi connectivity index (χ0n) is 17.7. The van der Waals surface area contributed by atoms with Crippen LogP contribution in [0.2, 0.25) is 0 Å². The van der Waals surface area contributed by atoms with Crippen molar-refractivity contribution in [3.63, 3.8) is 0 Å². The second-order valence-corrected chi connectivity index (χ2v) is 8.58. The second kappa shape index (κ2) is 8.44. The molecule has 1 N–H and O–H groups in total. The SMILES string of the molecule is Cc1ccccc1-c1nc(-c2ccc(NC(=O)CN3C(=O)c4ccccc4C3=O)cc2)cs1. The number of aryl methyl sites for hydroxylation is 1. The average Bonchev–Trinajstić information content (AvgIpc) is 3.40. The van der Waals surface area contributed by atoms with Crippen LogP contribution >= 0.6 is 11.3 Å². The van der Waals surface area contributed by atoms with E-state index in [2.05, 4.69) is 24.4 Å². The molecular formula is C26H19N3O3S. The van der Waals surface area contributed by atoms with Crippen molar-refractivity contribution in [1.29, 1.82) is 0 Å². The Labute approximate surface area is 194 Å². The van der Waals surface area contributed by atoms with Gasteiger partial charge in [0.1, 0.15) is 11.6 Å². The molecule has 3 amide bonds. The summed E-state index contributed by atoms with van der Waals surface area (Å²) in [4.78, 5) is 43.1. The van der Waals surface area contributed by atoms with Gasteiger partial charge in [0.2, 0.25) is 5.91 Å². The van der Waals surface area contributed by atoms with Crippen LogP contribution in [0, 0.1) is 6.92 Å². The average molecular weight is 454 g/mol. The Hall–Kier alpha value is -4.10. The number of aromatic nitrogens is 1. The molecule has 0 unspecified atom stereocenters. The number of nitrogens with one attached hydrogen (secondary N) is 1. The normalized spacial score (nSPS) is 12.7. The first-order valence-corrected chi connectivity index (χ1v) is 11.3. The monoisotopic (exact) mass is 453 g/mol. The maximum Gasteiger partial charge on any atom is 0.262 e. The van der Waals surface area contributed by atoms with E-state index in [4.69, 9.17) is 4.98 Å². The number of amides is 3. The first kappa shape index (κ1) is 20.8. The lowest BCUT2D eigenvalue weighted by Crippen LogP contribution is -2.37. The van der Waals surface area contributed by atoms with Gasteiger partial charge < -0.3 is 5.32 Å². The topological polar surface area (TPSA) is 79.4 Å². The number of carbonyl (C=O) groups excluding carboxylic acids is 3. The molecular weight excluding hydrogens is 434 g/mol. The van der Waals surface area contributed by atoms with Crippen molar-refractivity contribution in [1.82, 2.24) is 9.88 Å². The molecule has 162 valence electrons. The Bertz CT molecular complexity index is 1360. The number of fused-ring (bicyclic) bond motifs is 1. The molecule has 0 spiro atoms. The smallest absolute Gasteiger partial charge is 0.262 e. The van der Waals surface area contributed by atoms with Crippen LogP contribution in [-0.2, 0) is 4.79 Å². The fourth-order valence-corrected chi connectivity index (χ4v) is 4.71. The van der Waals surface area contributed by atoms with Crippen molar-refractivity contribution in [2.75, 3.05) is 11.9 Å². The summed E-state index contributed by atoms with van der Waals surface area (Å²) in [6.07, 6.45) is 0. The fourth-order valence-electron chi connectivity index (χ4n) is 3.79. The molecule has 1 aliphatic rings. The molecule has 0 bridgehead atoms. The quantitative estimate of drug-likeness (QED) is 0.430. The number of carbonyl (C=O) groups is 3. The third-order valence-corrected chi connectivity index (χ3v) is 6.40. The molecule has 3 aromatic carbocycles. The molecule has 0 saturated carbocycles. The predicted molar refractivity (Wildman–Crippen MR) is 128 cm³/mol. The molecule has 0 aliphatic carbocycles. The van der Waals surface area contributed by atoms with E-state index in [-0.39, 0.29) is 6.54 Å². The Kier molecular flexibility index (Phi) is 5.32. The first-order chi connectivity index (χ1) is 16.0. The van der Waals surface area contributed by atoms with E-state index in [0.29, 0.717) is 16.8 Å². The number of benzene rings is 3. The molecule has 6 nitrogen and oxygen atoms in total. The van der Waals surface area contributed by atoms with E-state index >= 15 is 0 Å². The third kappa shape index (κ3) is 3.94. The van der Waals surface area contributed by atoms with Crippen molar-refractivity contribution < 1.29 is 14.4 Å². The van der Waals surface area contributed by atoms with Gasteiger partial charge in [0.15, 0.2) is 0 Å². The molecule has 0 fully saturated rings. The van der Waals surface area contributed by atoms with Crippen LogP contribution in [0.4, 0.5) is 5.69 Å². The molecule has 4 aromatic rings. The van der Waals surface area contributed by atoms with E-state index in [0.717, 1.165) is 26.7 Å². The lowest BCUT2D eigenvalue weighted by molar-refractivity contribution is -0.116. The molecule has 5 rings (SSSR count). The standard InChI is InChI=1S/C26H19N3O3S/c1-16-6-2-3-7-19(16)24-28-22(15-33-24)17-10-12-18(13-11-17)27-23(30)14-29-25(31)20-8-4-5-9-21(20)26(29)32/h2-13,15H,14H2,1H3,(H,27,30). The van der Waals surface area contributed by atoms with Crippen LogP contribution in [0.5, 0.6) is 0 Å². The molecule has 33 heavy (non-hydrogen) atoms. The minimum absolute atomic E-state index is 0.327. The van der Waals surface area contributed by atoms with Crippen LogP contribution in [0.3, 0.4) is 0 Å². The van der Waals surface area contributed by atoms with Crippen LogP contribution in [0.25, 0.3) is 21.8 Å². The maximum atomic E-state index is 12.5. The third-order valence-electron chi connectivity index (χ3n) is 5.52. The largest absolute Gasteiger partial charge is 0.325 e. The van der Waals surface area contributed by atoms with Crippen LogP contribution < -0.4 is 5.32 Å². The van der Waals surface area contributed by atoms with Gasteiger partial charge >= 0.3 is 0 Å². The van der Waals surface area contributed by atoms with Crippen molar-refractivity contribution >= 4 is 34.7 Å². The van der Waals surface area contributed by atoms with Gasteiger partial charge in [-0.25, -0.2) is 4.98 Å². The van der Waals surface area contributed by atoms with Gasteiger partial charge in [-0.15, -0.1) is 11.3 Å². The highest BCUT2D eigenvalue weighted by atomic mass is 32.1. The van der Waals surface area contributed by atoms with Crippen molar-refractivity contribution in [2.24, 2.45) is 0 Å². The number of imide groups is 1. The van der Waals surface area contributed by atoms with Gasteiger partial charge in [-0.2, -0.15) is 0 Å². The van der Waals surface area contributed by atoms with Crippen molar-refractivity contribution in [3.05, 3.63) is 94.9 Å². The van der Waals surface area contributed by atoms with E-state index in [1.165, 1.54) is 5.56 Å². The molecule has 0 radical (unpaired) electrons. The van der Waals surface area contributed by atoms with Crippen LogP contribution in [-0.4, -0.2) is 34.2 Å². The van der Waals surface area contributed by atoms with Gasteiger partial charge in [-0.3, -0.25) is 19.3 Å². The number of hydrogen-bond acceptors (Lipinski definition) is 5. The summed E-state index contributed by atoms with van der Waals surface area (Å²) in [5.74, 6) is -1.34. The highest BCUT2D eigenvalue weighted by Gasteiger charge is 2.36. The Morgan fingerprint density at radius 3 is 2.12 bits per heavy atom. The maximum absolute atomic E-state index is 12.5. The highest BCUT2D eigenvalue weighted by molar-refractivity contribution is 7.13. The lowest BCUT2D eigenvalue weighted by Gasteiger charge is -2.13. The fraction of sp³-hybridized carbons (Fsp3) is 0.0769. The van der Waals surface area contributed by atoms with E-state index in [9.17, 15) is 14.4 Å². The molecule has 2 heterocycles. The molecule has 0 saturated heterocycles. The zero-order chi connectivity index (χ0) is 22.9. The number of rotatable bonds is 5. The Balaban J connectivity index is 1.26. The summed E-state index contributed by atoms with van der Waals surface area (Å²) in [5, 5.41) is 5.72. The zero-order valence-corrected chi connectivity index (χ0v) is 18.6. The van der Waals surface area contributed by atoms with Gasteiger partial charge in [-0.1, -0.05) is 48.5 Å². The molecule has 7 heteroatoms. The molecule has 1 aliphatic heterocycles. The summed E-state index contributed by atoms with van der Waals surface area (Å²) < 4.78 is 0. The highest BCUT2D eigenvalue weighted by Crippen LogP contribution is 2.31. The number of hydrogen-bond donors (Lipinski definition) is 1. The Morgan fingerprint density at radius 1 is 0.879 bits per heavy atom. The van der Waals surface area contributed by atoms with Crippen LogP contribution in [0.1, 0.15) is 26.3 Å². The molecule has 0 atom stereocenters. The second-order valence-electron chi connectivity index (χ2n) is 7.72. The van der Waals surface area contributed by atoms with Gasteiger partial charge in [0.05, 0.1) is 16.8 Å². The minimum Gasteiger partial charge on any atom is -0.325 e. The van der Waals surface area contributed by atoms with Gasteiger partial charge in [0.25, 0.3) is 11.8 Å². The summed E-state index contributed by atoms with van der Waals surface area (Å²) in [7, 11) is 0. The van der Waals surface area contributed by atoms with E-state index in [1.807, 2.05) is 29.6 Å². The minimum atomic E-state index is -0.450. The number of nitrogens with zero attached hydrogens (tertiary/aromatic N) is 2. The first-order valence-electron chi connectivity index (χ1n) is 10.4. The van der Waals surface area contributed by atoms with E-state index < -0.39 is 17.7 Å². The number of thiazole rings is 1. The summed E-state index contributed by atoms with van der Waals surface area (Å²) in [5.41, 5.74) is 5.32. The molecule has 1 aromatic heterocycles. The predicted octanol–water partition coefficient (Wildman–Crippen LogP) is 5.02. The summed E-state index contributed by atoms with van der Waals surface area (Å²) >= 11 is 1.59.